The number of hydrogen-bond acceptors (Lipinski definition) is 11. The van der Waals surface area contributed by atoms with E-state index < -0.39 is 51.2 Å². The minimum absolute atomic E-state index is 0.0863. The number of fused-ring (bicyclic) bond motifs is 2. The van der Waals surface area contributed by atoms with Crippen molar-refractivity contribution in [3.05, 3.63) is 114 Å². The molecule has 3 aromatic carbocycles. The number of nitrogens with one attached hydrogen (secondary N) is 1. The van der Waals surface area contributed by atoms with Crippen molar-refractivity contribution in [1.29, 1.82) is 0 Å². The molecule has 2 fully saturated rings. The van der Waals surface area contributed by atoms with E-state index in [9.17, 15) is 0 Å². The molecule has 0 radical (unpaired) electrons. The summed E-state index contributed by atoms with van der Waals surface area (Å²) in [5.74, 6) is 1.31. The summed E-state index contributed by atoms with van der Waals surface area (Å²) in [6, 6.07) is 28.8. The first kappa shape index (κ1) is 38.7. The van der Waals surface area contributed by atoms with Crippen molar-refractivity contribution in [2.24, 2.45) is 0 Å². The molecule has 2 saturated heterocycles. The summed E-state index contributed by atoms with van der Waals surface area (Å²) < 4.78 is 40.5. The van der Waals surface area contributed by atoms with E-state index in [0.29, 0.717) is 17.0 Å². The Kier molecular flexibility index (Phi) is 10.7. The van der Waals surface area contributed by atoms with Gasteiger partial charge in [-0.1, -0.05) is 93.6 Å². The van der Waals surface area contributed by atoms with E-state index in [0.717, 1.165) is 22.4 Å². The fourth-order valence-corrected chi connectivity index (χ4v) is 11.3. The SMILES string of the molecule is COc1ccc(C(Nc2ncnc3c2ncn3[C@@H]2OC3C(OP(=S)(OC(C)C)O[C@H]3C)[C@H]2O[Si](C)(C)C(C)(C)C)(c2ccccc2)c2ccccc2)cc1. The Labute approximate surface area is 324 Å². The third-order valence-corrected chi connectivity index (χ3v) is 17.7. The predicted molar refractivity (Wildman–Crippen MR) is 217 cm³/mol. The summed E-state index contributed by atoms with van der Waals surface area (Å²) in [7, 11) is -0.713. The lowest BCUT2D eigenvalue weighted by Crippen LogP contribution is -2.51. The molecule has 2 aliphatic heterocycles. The highest BCUT2D eigenvalue weighted by atomic mass is 32.5. The van der Waals surface area contributed by atoms with Crippen LogP contribution in [0.15, 0.2) is 97.6 Å². The third kappa shape index (κ3) is 7.17. The Morgan fingerprint density at radius 2 is 1.46 bits per heavy atom. The number of methoxy groups -OCH3 is 1. The Hall–Kier alpha value is -3.52. The van der Waals surface area contributed by atoms with Crippen molar-refractivity contribution < 1.29 is 27.5 Å². The molecule has 3 unspecified atom stereocenters. The number of nitrogens with zero attached hydrogens (tertiary/aromatic N) is 4. The van der Waals surface area contributed by atoms with Crippen LogP contribution in [0.5, 0.6) is 5.75 Å². The number of rotatable bonds is 11. The van der Waals surface area contributed by atoms with Gasteiger partial charge in [-0.05, 0) is 79.5 Å². The van der Waals surface area contributed by atoms with Gasteiger partial charge in [0.1, 0.15) is 35.9 Å². The Balaban J connectivity index is 1.35. The maximum absolute atomic E-state index is 7.20. The smallest absolute Gasteiger partial charge is 0.328 e. The van der Waals surface area contributed by atoms with Gasteiger partial charge in [0.2, 0.25) is 0 Å². The molecular formula is C40H50N5O6PSSi. The van der Waals surface area contributed by atoms with Crippen molar-refractivity contribution in [3.63, 3.8) is 0 Å². The van der Waals surface area contributed by atoms with E-state index in [4.69, 9.17) is 54.2 Å². The molecule has 2 aliphatic rings. The van der Waals surface area contributed by atoms with E-state index in [1.165, 1.54) is 0 Å². The second kappa shape index (κ2) is 14.9. The quantitative estimate of drug-likeness (QED) is 0.0787. The predicted octanol–water partition coefficient (Wildman–Crippen LogP) is 8.98. The monoisotopic (exact) mass is 787 g/mol. The Morgan fingerprint density at radius 3 is 2.04 bits per heavy atom. The van der Waals surface area contributed by atoms with Crippen LogP contribution in [0.25, 0.3) is 11.2 Å². The molecule has 0 aliphatic carbocycles. The number of aromatic nitrogens is 4. The lowest BCUT2D eigenvalue weighted by molar-refractivity contribution is -0.0956. The molecule has 0 spiro atoms. The zero-order chi connectivity index (χ0) is 38.5. The maximum atomic E-state index is 7.20. The van der Waals surface area contributed by atoms with Gasteiger partial charge in [-0.15, -0.1) is 0 Å². The van der Waals surface area contributed by atoms with Gasteiger partial charge in [0.25, 0.3) is 0 Å². The summed E-state index contributed by atoms with van der Waals surface area (Å²) in [4.78, 5) is 14.6. The molecule has 2 aromatic heterocycles. The molecule has 0 bridgehead atoms. The van der Waals surface area contributed by atoms with Crippen LogP contribution in [0.2, 0.25) is 18.1 Å². The summed E-state index contributed by atoms with van der Waals surface area (Å²) in [5.41, 5.74) is 3.30. The third-order valence-electron chi connectivity index (χ3n) is 10.7. The highest BCUT2D eigenvalue weighted by Gasteiger charge is 2.58. The zero-order valence-corrected chi connectivity index (χ0v) is 35.0. The molecule has 4 heterocycles. The molecule has 5 aromatic rings. The zero-order valence-electron chi connectivity index (χ0n) is 32.3. The number of benzene rings is 3. The van der Waals surface area contributed by atoms with Crippen molar-refractivity contribution in [2.45, 2.75) is 102 Å². The van der Waals surface area contributed by atoms with E-state index in [1.807, 2.05) is 73.9 Å². The van der Waals surface area contributed by atoms with Crippen LogP contribution in [0.3, 0.4) is 0 Å². The van der Waals surface area contributed by atoms with Crippen molar-refractivity contribution in [2.75, 3.05) is 12.4 Å². The molecule has 286 valence electrons. The fourth-order valence-electron chi connectivity index (χ4n) is 7.02. The van der Waals surface area contributed by atoms with Crippen LogP contribution in [0, 0.1) is 0 Å². The van der Waals surface area contributed by atoms with Gasteiger partial charge in [-0.2, -0.15) is 0 Å². The second-order valence-electron chi connectivity index (χ2n) is 15.7. The lowest BCUT2D eigenvalue weighted by atomic mass is 9.77. The maximum Gasteiger partial charge on any atom is 0.328 e. The topological polar surface area (TPSA) is 111 Å². The molecule has 14 heteroatoms. The second-order valence-corrected chi connectivity index (χ2v) is 23.3. The summed E-state index contributed by atoms with van der Waals surface area (Å²) in [5, 5.41) is 3.79. The molecule has 0 amide bonds. The van der Waals surface area contributed by atoms with Gasteiger partial charge in [0, 0.05) is 0 Å². The molecule has 7 rings (SSSR count). The van der Waals surface area contributed by atoms with E-state index >= 15 is 0 Å². The normalized spacial score (nSPS) is 24.8. The van der Waals surface area contributed by atoms with Gasteiger partial charge >= 0.3 is 6.72 Å². The summed E-state index contributed by atoms with van der Waals surface area (Å²) in [6.07, 6.45) is 0.546. The van der Waals surface area contributed by atoms with Crippen molar-refractivity contribution >= 4 is 43.8 Å². The minimum Gasteiger partial charge on any atom is -0.497 e. The van der Waals surface area contributed by atoms with Crippen LogP contribution in [-0.4, -0.2) is 65.5 Å². The molecule has 0 saturated carbocycles. The van der Waals surface area contributed by atoms with Crippen LogP contribution in [-0.2, 0) is 40.1 Å². The largest absolute Gasteiger partial charge is 0.497 e. The standard InChI is InChI=1S/C40H50N5O6PSSi/c1-26(2)48-52(53)49-27(3)33-34(50-52)35(51-54(8,9)39(4,5)6)38(47-33)45-25-43-32-36(41-24-42-37(32)45)44-40(28-16-12-10-13-17-28,29-18-14-11-15-19-29)30-20-22-31(46-7)23-21-30/h10-27,33-35,38H,1-9H3,(H,41,42,44)/t27-,33?,34?,35+,38+,52?/m0/s1. The van der Waals surface area contributed by atoms with Gasteiger partial charge < -0.3 is 28.3 Å². The van der Waals surface area contributed by atoms with E-state index in [-0.39, 0.29) is 11.1 Å². The van der Waals surface area contributed by atoms with Crippen LogP contribution in [0.4, 0.5) is 5.82 Å². The molecule has 54 heavy (non-hydrogen) atoms. The van der Waals surface area contributed by atoms with E-state index in [2.05, 4.69) is 75.6 Å². The lowest BCUT2D eigenvalue weighted by Gasteiger charge is -2.43. The van der Waals surface area contributed by atoms with Crippen LogP contribution >= 0.6 is 6.72 Å². The van der Waals surface area contributed by atoms with Gasteiger partial charge in [0.15, 0.2) is 31.5 Å². The Bertz CT molecular complexity index is 2080. The van der Waals surface area contributed by atoms with Crippen LogP contribution < -0.4 is 10.1 Å². The van der Waals surface area contributed by atoms with E-state index in [1.54, 1.807) is 19.8 Å². The molecule has 11 nitrogen and oxygen atoms in total. The summed E-state index contributed by atoms with van der Waals surface area (Å²) >= 11 is 5.91. The minimum atomic E-state index is -3.09. The number of ether oxygens (including phenoxy) is 2. The molecular weight excluding hydrogens is 738 g/mol. The summed E-state index contributed by atoms with van der Waals surface area (Å²) in [6.45, 7) is 13.8. The number of anilines is 1. The van der Waals surface area contributed by atoms with Crippen molar-refractivity contribution in [1.82, 2.24) is 19.5 Å². The molecule has 6 atom stereocenters. The first-order chi connectivity index (χ1) is 25.7. The highest BCUT2D eigenvalue weighted by molar-refractivity contribution is 8.07. The molecule has 1 N–H and O–H groups in total. The van der Waals surface area contributed by atoms with Crippen LogP contribution in [0.1, 0.15) is 64.5 Å². The average Bonchev–Trinajstić information content (AvgIpc) is 3.72. The first-order valence-electron chi connectivity index (χ1n) is 18.4. The van der Waals surface area contributed by atoms with Crippen molar-refractivity contribution in [3.8, 4) is 5.75 Å². The van der Waals surface area contributed by atoms with Gasteiger partial charge in [-0.25, -0.2) is 15.0 Å². The fraction of sp³-hybridized carbons (Fsp3) is 0.425. The highest BCUT2D eigenvalue weighted by Crippen LogP contribution is 2.60. The Morgan fingerprint density at radius 1 is 0.852 bits per heavy atom. The van der Waals surface area contributed by atoms with Gasteiger partial charge in [0.05, 0.1) is 25.6 Å². The first-order valence-corrected chi connectivity index (χ1v) is 23.8. The number of hydrogen-bond donors (Lipinski definition) is 1. The average molecular weight is 788 g/mol. The van der Waals surface area contributed by atoms with Gasteiger partial charge in [-0.3, -0.25) is 9.09 Å². The number of imidazole rings is 1.